The van der Waals surface area contributed by atoms with Crippen LogP contribution in [0.5, 0.6) is 5.75 Å². The van der Waals surface area contributed by atoms with Gasteiger partial charge >= 0.3 is 11.7 Å². The molecule has 1 saturated heterocycles. The Hall–Kier alpha value is -4.54. The zero-order chi connectivity index (χ0) is 29.9. The van der Waals surface area contributed by atoms with Crippen molar-refractivity contribution in [2.24, 2.45) is 0 Å². The van der Waals surface area contributed by atoms with Crippen LogP contribution in [0, 0.1) is 10.1 Å². The number of pyridine rings is 1. The molecule has 10 nitrogen and oxygen atoms in total. The van der Waals surface area contributed by atoms with E-state index in [0.29, 0.717) is 11.3 Å². The first-order valence-electron chi connectivity index (χ1n) is 13.9. The number of carbonyl (C=O) groups is 1. The topological polar surface area (TPSA) is 119 Å². The van der Waals surface area contributed by atoms with Gasteiger partial charge < -0.3 is 20.1 Å². The zero-order valence-corrected chi connectivity index (χ0v) is 24.3. The number of nitrogens with zero attached hydrogens (tertiary/aromatic N) is 3. The average molecular weight is 570 g/mol. The van der Waals surface area contributed by atoms with E-state index < -0.39 is 11.0 Å². The smallest absolute Gasteiger partial charge is 0.323 e. The lowest BCUT2D eigenvalue weighted by molar-refractivity contribution is -0.385. The zero-order valence-electron chi connectivity index (χ0n) is 24.3. The minimum absolute atomic E-state index is 0.00655. The van der Waals surface area contributed by atoms with Gasteiger partial charge in [0.05, 0.1) is 42.3 Å². The third-order valence-electron chi connectivity index (χ3n) is 7.38. The Morgan fingerprint density at radius 1 is 1.02 bits per heavy atom. The highest BCUT2D eigenvalue weighted by Crippen LogP contribution is 2.40. The van der Waals surface area contributed by atoms with Gasteiger partial charge in [0.25, 0.3) is 0 Å². The van der Waals surface area contributed by atoms with E-state index in [0.717, 1.165) is 60.4 Å². The van der Waals surface area contributed by atoms with Gasteiger partial charge in [-0.15, -0.1) is 0 Å². The number of morpholine rings is 1. The molecular formula is C32H35N5O5. The first-order valence-corrected chi connectivity index (χ1v) is 13.9. The predicted molar refractivity (Wildman–Crippen MR) is 164 cm³/mol. The van der Waals surface area contributed by atoms with E-state index in [2.05, 4.69) is 27.7 Å². The summed E-state index contributed by atoms with van der Waals surface area (Å²) in [7, 11) is 1.35. The van der Waals surface area contributed by atoms with E-state index in [4.69, 9.17) is 14.5 Å². The minimum atomic E-state index is -0.541. The highest BCUT2D eigenvalue weighted by atomic mass is 16.6. The molecule has 0 bridgehead atoms. The number of fused-ring (bicyclic) bond motifs is 1. The van der Waals surface area contributed by atoms with Crippen LogP contribution in [-0.4, -0.2) is 54.3 Å². The SMILES string of the molecule is COc1c(NC(=O)Nc2ccc(-c3ccc(CN4CCOCC4)nc3)c3ccccc23)cc(C(C)(C)C)cc1[N+](=O)[O-]. The number of urea groups is 1. The fourth-order valence-electron chi connectivity index (χ4n) is 5.09. The summed E-state index contributed by atoms with van der Waals surface area (Å²) in [6.07, 6.45) is 1.89. The maximum Gasteiger partial charge on any atom is 0.323 e. The summed E-state index contributed by atoms with van der Waals surface area (Å²) in [6.45, 7) is 9.94. The highest BCUT2D eigenvalue weighted by molar-refractivity contribution is 6.10. The maximum atomic E-state index is 13.2. The normalized spacial score (nSPS) is 14.0. The molecule has 5 rings (SSSR count). The minimum Gasteiger partial charge on any atom is -0.489 e. The number of benzene rings is 3. The van der Waals surface area contributed by atoms with E-state index in [1.54, 1.807) is 6.07 Å². The third kappa shape index (κ3) is 6.35. The Morgan fingerprint density at radius 3 is 2.38 bits per heavy atom. The summed E-state index contributed by atoms with van der Waals surface area (Å²) in [5.74, 6) is -0.00655. The van der Waals surface area contributed by atoms with Crippen LogP contribution in [0.4, 0.5) is 21.9 Å². The Bertz CT molecular complexity index is 1610. The number of anilines is 2. The monoisotopic (exact) mass is 569 g/mol. The van der Waals surface area contributed by atoms with Gasteiger partial charge in [0.2, 0.25) is 5.75 Å². The molecule has 0 atom stereocenters. The molecule has 10 heteroatoms. The summed E-state index contributed by atoms with van der Waals surface area (Å²) in [5.41, 5.74) is 3.91. The molecule has 2 heterocycles. The predicted octanol–water partition coefficient (Wildman–Crippen LogP) is 6.59. The van der Waals surface area contributed by atoms with Crippen LogP contribution in [-0.2, 0) is 16.7 Å². The Labute approximate surface area is 244 Å². The lowest BCUT2D eigenvalue weighted by Gasteiger charge is -2.26. The number of nitro benzene ring substituents is 1. The molecule has 1 aliphatic heterocycles. The van der Waals surface area contributed by atoms with Crippen molar-refractivity contribution >= 4 is 33.9 Å². The molecule has 3 aromatic carbocycles. The number of amides is 2. The van der Waals surface area contributed by atoms with Crippen LogP contribution >= 0.6 is 0 Å². The molecule has 42 heavy (non-hydrogen) atoms. The molecular weight excluding hydrogens is 534 g/mol. The standard InChI is InChI=1S/C32H35N5O5/c1-32(2,3)22-17-28(30(41-4)29(18-22)37(39)40)35-31(38)34-27-12-11-24(25-7-5-6-8-26(25)27)21-9-10-23(33-19-21)20-36-13-15-42-16-14-36/h5-12,17-19H,13-16,20H2,1-4H3,(H2,34,35,38). The number of ether oxygens (including phenoxy) is 2. The molecule has 0 aliphatic carbocycles. The molecule has 2 N–H and O–H groups in total. The molecule has 0 saturated carbocycles. The number of hydrogen-bond donors (Lipinski definition) is 2. The van der Waals surface area contributed by atoms with Crippen LogP contribution in [0.1, 0.15) is 32.0 Å². The molecule has 1 fully saturated rings. The van der Waals surface area contributed by atoms with Crippen molar-refractivity contribution in [1.29, 1.82) is 0 Å². The third-order valence-corrected chi connectivity index (χ3v) is 7.38. The highest BCUT2D eigenvalue weighted by Gasteiger charge is 2.26. The number of rotatable bonds is 7. The van der Waals surface area contributed by atoms with Crippen molar-refractivity contribution in [3.8, 4) is 16.9 Å². The molecule has 218 valence electrons. The number of carbonyl (C=O) groups excluding carboxylic acids is 1. The summed E-state index contributed by atoms with van der Waals surface area (Å²) in [5, 5.41) is 19.3. The van der Waals surface area contributed by atoms with Gasteiger partial charge in [-0.2, -0.15) is 0 Å². The second kappa shape index (κ2) is 12.1. The number of nitrogens with one attached hydrogen (secondary N) is 2. The molecule has 4 aromatic rings. The van der Waals surface area contributed by atoms with Gasteiger partial charge in [0.1, 0.15) is 0 Å². The quantitative estimate of drug-likeness (QED) is 0.190. The fraction of sp³-hybridized carbons (Fsp3) is 0.312. The molecule has 0 unspecified atom stereocenters. The Morgan fingerprint density at radius 2 is 1.74 bits per heavy atom. The van der Waals surface area contributed by atoms with Gasteiger partial charge in [0.15, 0.2) is 0 Å². The first kappa shape index (κ1) is 29.0. The molecule has 0 spiro atoms. The van der Waals surface area contributed by atoms with E-state index >= 15 is 0 Å². The van der Waals surface area contributed by atoms with Crippen LogP contribution in [0.3, 0.4) is 0 Å². The Kier molecular flexibility index (Phi) is 8.37. The van der Waals surface area contributed by atoms with Gasteiger partial charge in [-0.3, -0.25) is 20.0 Å². The number of nitro groups is 1. The maximum absolute atomic E-state index is 13.2. The molecule has 1 aromatic heterocycles. The largest absolute Gasteiger partial charge is 0.489 e. The number of aromatic nitrogens is 1. The first-order chi connectivity index (χ1) is 20.1. The van der Waals surface area contributed by atoms with Crippen molar-refractivity contribution in [3.63, 3.8) is 0 Å². The summed E-state index contributed by atoms with van der Waals surface area (Å²) < 4.78 is 10.8. The van der Waals surface area contributed by atoms with Crippen molar-refractivity contribution in [2.45, 2.75) is 32.7 Å². The number of methoxy groups -OCH3 is 1. The molecule has 0 radical (unpaired) electrons. The second-order valence-corrected chi connectivity index (χ2v) is 11.3. The van der Waals surface area contributed by atoms with Gasteiger partial charge in [-0.05, 0) is 40.1 Å². The van der Waals surface area contributed by atoms with Crippen molar-refractivity contribution in [2.75, 3.05) is 44.0 Å². The second-order valence-electron chi connectivity index (χ2n) is 11.3. The van der Waals surface area contributed by atoms with Crippen LogP contribution in [0.2, 0.25) is 0 Å². The van der Waals surface area contributed by atoms with Gasteiger partial charge in [-0.1, -0.05) is 57.2 Å². The van der Waals surface area contributed by atoms with Crippen molar-refractivity contribution < 1.29 is 19.2 Å². The summed E-state index contributed by atoms with van der Waals surface area (Å²) in [6, 6.07) is 18.4. The summed E-state index contributed by atoms with van der Waals surface area (Å²) in [4.78, 5) is 31.5. The fourth-order valence-corrected chi connectivity index (χ4v) is 5.09. The molecule has 2 amide bonds. The van der Waals surface area contributed by atoms with Gasteiger partial charge in [0, 0.05) is 42.8 Å². The van der Waals surface area contributed by atoms with Crippen LogP contribution in [0.15, 0.2) is 66.9 Å². The van der Waals surface area contributed by atoms with Gasteiger partial charge in [-0.25, -0.2) is 4.79 Å². The van der Waals surface area contributed by atoms with E-state index in [-0.39, 0.29) is 22.5 Å². The number of hydrogen-bond acceptors (Lipinski definition) is 7. The van der Waals surface area contributed by atoms with Crippen molar-refractivity contribution in [3.05, 3.63) is 88.2 Å². The van der Waals surface area contributed by atoms with Crippen LogP contribution in [0.25, 0.3) is 21.9 Å². The van der Waals surface area contributed by atoms with E-state index in [1.807, 2.05) is 63.4 Å². The van der Waals surface area contributed by atoms with E-state index in [9.17, 15) is 14.9 Å². The van der Waals surface area contributed by atoms with Crippen LogP contribution < -0.4 is 15.4 Å². The average Bonchev–Trinajstić information content (AvgIpc) is 2.97. The van der Waals surface area contributed by atoms with E-state index in [1.165, 1.54) is 13.2 Å². The van der Waals surface area contributed by atoms with Crippen molar-refractivity contribution in [1.82, 2.24) is 9.88 Å². The molecule has 1 aliphatic rings. The lowest BCUT2D eigenvalue weighted by atomic mass is 9.86. The lowest BCUT2D eigenvalue weighted by Crippen LogP contribution is -2.35. The Balaban J connectivity index is 1.40. The summed E-state index contributed by atoms with van der Waals surface area (Å²) >= 11 is 0.